The molecule has 0 radical (unpaired) electrons. The van der Waals surface area contributed by atoms with Crippen LogP contribution in [0.5, 0.6) is 0 Å². The van der Waals surface area contributed by atoms with Crippen molar-refractivity contribution in [2.75, 3.05) is 25.0 Å². The maximum atomic E-state index is 12.6. The maximum absolute atomic E-state index is 12.6. The van der Waals surface area contributed by atoms with Crippen LogP contribution in [0.25, 0.3) is 10.9 Å². The Bertz CT molecular complexity index is 927. The van der Waals surface area contributed by atoms with Gasteiger partial charge in [-0.05, 0) is 43.9 Å². The monoisotopic (exact) mass is 349 g/mol. The van der Waals surface area contributed by atoms with Gasteiger partial charge in [-0.15, -0.1) is 0 Å². The van der Waals surface area contributed by atoms with Crippen molar-refractivity contribution in [2.45, 2.75) is 26.2 Å². The number of aryl methyl sites for hydroxylation is 1. The lowest BCUT2D eigenvalue weighted by molar-refractivity contribution is 0.0787. The Kier molecular flexibility index (Phi) is 4.56. The molecule has 6 nitrogen and oxygen atoms in total. The van der Waals surface area contributed by atoms with Crippen LogP contribution in [0.15, 0.2) is 36.5 Å². The fourth-order valence-corrected chi connectivity index (χ4v) is 3.49. The number of benzene rings is 1. The van der Waals surface area contributed by atoms with E-state index in [4.69, 9.17) is 0 Å². The first-order valence-electron chi connectivity index (χ1n) is 9.14. The predicted octanol–water partition coefficient (Wildman–Crippen LogP) is 3.16. The molecule has 0 bridgehead atoms. The zero-order chi connectivity index (χ0) is 17.9. The number of likely N-dealkylation sites (tertiary alicyclic amines) is 1. The van der Waals surface area contributed by atoms with Gasteiger partial charge in [-0.25, -0.2) is 9.97 Å². The van der Waals surface area contributed by atoms with Crippen molar-refractivity contribution in [2.24, 2.45) is 0 Å². The van der Waals surface area contributed by atoms with E-state index in [0.717, 1.165) is 43.6 Å². The molecular weight excluding hydrogens is 326 g/mol. The first-order chi connectivity index (χ1) is 12.7. The van der Waals surface area contributed by atoms with E-state index >= 15 is 0 Å². The van der Waals surface area contributed by atoms with Crippen LogP contribution in [-0.4, -0.2) is 45.4 Å². The summed E-state index contributed by atoms with van der Waals surface area (Å²) >= 11 is 0. The molecule has 4 rings (SSSR count). The molecule has 1 aliphatic heterocycles. The molecule has 0 saturated carbocycles. The summed E-state index contributed by atoms with van der Waals surface area (Å²) in [6, 6.07) is 10.0. The molecule has 26 heavy (non-hydrogen) atoms. The van der Waals surface area contributed by atoms with Gasteiger partial charge in [0.2, 0.25) is 5.95 Å². The van der Waals surface area contributed by atoms with Gasteiger partial charge < -0.3 is 15.2 Å². The summed E-state index contributed by atoms with van der Waals surface area (Å²) in [5.41, 5.74) is 3.69. The minimum Gasteiger partial charge on any atom is -0.361 e. The molecule has 6 heteroatoms. The van der Waals surface area contributed by atoms with Crippen LogP contribution >= 0.6 is 0 Å². The normalized spacial score (nSPS) is 14.1. The van der Waals surface area contributed by atoms with E-state index < -0.39 is 0 Å². The Balaban J connectivity index is 1.44. The standard InChI is InChI=1S/C20H23N5O/c1-14-12-18(19(26)25-10-4-5-11-25)24-20(23-14)21-9-8-15-13-22-17-7-3-2-6-16(15)17/h2-3,6-7,12-13,22H,4-5,8-11H2,1H3,(H,21,23,24). The van der Waals surface area contributed by atoms with Gasteiger partial charge in [-0.3, -0.25) is 4.79 Å². The minimum absolute atomic E-state index is 0.00711. The molecule has 0 aliphatic carbocycles. The first kappa shape index (κ1) is 16.6. The summed E-state index contributed by atoms with van der Waals surface area (Å²) in [6.45, 7) is 4.26. The van der Waals surface area contributed by atoms with Crippen molar-refractivity contribution in [1.82, 2.24) is 19.9 Å². The summed E-state index contributed by atoms with van der Waals surface area (Å²) in [6.07, 6.45) is 5.06. The lowest BCUT2D eigenvalue weighted by Gasteiger charge is -2.15. The molecule has 3 aromatic rings. The Morgan fingerprint density at radius 2 is 2.04 bits per heavy atom. The van der Waals surface area contributed by atoms with E-state index in [1.807, 2.05) is 30.2 Å². The van der Waals surface area contributed by atoms with Crippen LogP contribution < -0.4 is 5.32 Å². The molecule has 1 aliphatic rings. The molecular formula is C20H23N5O. The average Bonchev–Trinajstić information content (AvgIpc) is 3.31. The maximum Gasteiger partial charge on any atom is 0.272 e. The van der Waals surface area contributed by atoms with Gasteiger partial charge in [0, 0.05) is 42.4 Å². The quantitative estimate of drug-likeness (QED) is 0.742. The minimum atomic E-state index is 0.00711. The molecule has 1 fully saturated rings. The summed E-state index contributed by atoms with van der Waals surface area (Å²) < 4.78 is 0. The number of carbonyl (C=O) groups is 1. The van der Waals surface area contributed by atoms with Gasteiger partial charge in [0.05, 0.1) is 0 Å². The molecule has 3 heterocycles. The summed E-state index contributed by atoms with van der Waals surface area (Å²) in [5.74, 6) is 0.528. The summed E-state index contributed by atoms with van der Waals surface area (Å²) in [7, 11) is 0. The Hall–Kier alpha value is -2.89. The van der Waals surface area contributed by atoms with Crippen LogP contribution in [0.4, 0.5) is 5.95 Å². The first-order valence-corrected chi connectivity index (χ1v) is 9.14. The average molecular weight is 349 g/mol. The molecule has 2 aromatic heterocycles. The van der Waals surface area contributed by atoms with Gasteiger partial charge in [0.15, 0.2) is 0 Å². The molecule has 1 aromatic carbocycles. The number of H-pyrrole nitrogens is 1. The highest BCUT2D eigenvalue weighted by atomic mass is 16.2. The summed E-state index contributed by atoms with van der Waals surface area (Å²) in [5, 5.41) is 4.51. The molecule has 134 valence electrons. The van der Waals surface area contributed by atoms with Crippen LogP contribution in [0.1, 0.15) is 34.6 Å². The fraction of sp³-hybridized carbons (Fsp3) is 0.350. The third-order valence-electron chi connectivity index (χ3n) is 4.82. The topological polar surface area (TPSA) is 73.9 Å². The molecule has 0 spiro atoms. The molecule has 1 saturated heterocycles. The fourth-order valence-electron chi connectivity index (χ4n) is 3.49. The molecule has 1 amide bonds. The predicted molar refractivity (Wildman–Crippen MR) is 102 cm³/mol. The Morgan fingerprint density at radius 3 is 2.88 bits per heavy atom. The number of rotatable bonds is 5. The second kappa shape index (κ2) is 7.15. The van der Waals surface area contributed by atoms with Gasteiger partial charge >= 0.3 is 0 Å². The third kappa shape index (κ3) is 3.40. The van der Waals surface area contributed by atoms with Crippen molar-refractivity contribution in [3.63, 3.8) is 0 Å². The summed E-state index contributed by atoms with van der Waals surface area (Å²) in [4.78, 5) is 26.6. The number of para-hydroxylation sites is 1. The number of hydrogen-bond acceptors (Lipinski definition) is 4. The number of carbonyl (C=O) groups excluding carboxylic acids is 1. The van der Waals surface area contributed by atoms with Gasteiger partial charge in [-0.2, -0.15) is 0 Å². The highest BCUT2D eigenvalue weighted by Gasteiger charge is 2.21. The number of nitrogens with one attached hydrogen (secondary N) is 2. The molecule has 2 N–H and O–H groups in total. The van der Waals surface area contributed by atoms with Crippen molar-refractivity contribution in [3.8, 4) is 0 Å². The van der Waals surface area contributed by atoms with Gasteiger partial charge in [0.1, 0.15) is 5.69 Å². The second-order valence-electron chi connectivity index (χ2n) is 6.75. The van der Waals surface area contributed by atoms with Gasteiger partial charge in [0.25, 0.3) is 5.91 Å². The zero-order valence-electron chi connectivity index (χ0n) is 15.0. The Labute approximate surface area is 152 Å². The SMILES string of the molecule is Cc1cc(C(=O)N2CCCC2)nc(NCCc2c[nH]c3ccccc23)n1. The largest absolute Gasteiger partial charge is 0.361 e. The lowest BCUT2D eigenvalue weighted by Crippen LogP contribution is -2.28. The molecule has 0 atom stereocenters. The van der Waals surface area contributed by atoms with Crippen LogP contribution in [-0.2, 0) is 6.42 Å². The highest BCUT2D eigenvalue weighted by molar-refractivity contribution is 5.92. The van der Waals surface area contributed by atoms with E-state index in [2.05, 4.69) is 32.4 Å². The molecule has 0 unspecified atom stereocenters. The highest BCUT2D eigenvalue weighted by Crippen LogP contribution is 2.18. The Morgan fingerprint density at radius 1 is 1.23 bits per heavy atom. The smallest absolute Gasteiger partial charge is 0.272 e. The van der Waals surface area contributed by atoms with E-state index in [1.165, 1.54) is 10.9 Å². The third-order valence-corrected chi connectivity index (χ3v) is 4.82. The van der Waals surface area contributed by atoms with E-state index in [0.29, 0.717) is 18.2 Å². The van der Waals surface area contributed by atoms with E-state index in [9.17, 15) is 4.79 Å². The van der Waals surface area contributed by atoms with Crippen molar-refractivity contribution >= 4 is 22.8 Å². The number of anilines is 1. The van der Waals surface area contributed by atoms with E-state index in [-0.39, 0.29) is 5.91 Å². The number of hydrogen-bond donors (Lipinski definition) is 2. The van der Waals surface area contributed by atoms with Gasteiger partial charge in [-0.1, -0.05) is 18.2 Å². The number of fused-ring (bicyclic) bond motifs is 1. The second-order valence-corrected chi connectivity index (χ2v) is 6.75. The number of aromatic amines is 1. The van der Waals surface area contributed by atoms with Crippen LogP contribution in [0, 0.1) is 6.92 Å². The number of amides is 1. The lowest BCUT2D eigenvalue weighted by atomic mass is 10.1. The zero-order valence-corrected chi connectivity index (χ0v) is 15.0. The van der Waals surface area contributed by atoms with E-state index in [1.54, 1.807) is 6.07 Å². The number of aromatic nitrogens is 3. The van der Waals surface area contributed by atoms with Crippen LogP contribution in [0.2, 0.25) is 0 Å². The van der Waals surface area contributed by atoms with Crippen molar-refractivity contribution < 1.29 is 4.79 Å². The number of nitrogens with zero attached hydrogens (tertiary/aromatic N) is 3. The van der Waals surface area contributed by atoms with Crippen molar-refractivity contribution in [3.05, 3.63) is 53.5 Å². The van der Waals surface area contributed by atoms with Crippen LogP contribution in [0.3, 0.4) is 0 Å². The van der Waals surface area contributed by atoms with Crippen molar-refractivity contribution in [1.29, 1.82) is 0 Å².